The monoisotopic (exact) mass is 312 g/mol. The summed E-state index contributed by atoms with van der Waals surface area (Å²) >= 11 is 0. The molecule has 1 saturated carbocycles. The second-order valence-corrected chi connectivity index (χ2v) is 6.89. The molecule has 0 bridgehead atoms. The fraction of sp³-hybridized carbons (Fsp3) is 0.941. The van der Waals surface area contributed by atoms with Crippen molar-refractivity contribution in [3.05, 3.63) is 0 Å². The fourth-order valence-electron chi connectivity index (χ4n) is 3.71. The van der Waals surface area contributed by atoms with Gasteiger partial charge in [0.1, 0.15) is 0 Å². The van der Waals surface area contributed by atoms with Crippen molar-refractivity contribution in [2.24, 2.45) is 11.3 Å². The minimum absolute atomic E-state index is 0.121. The van der Waals surface area contributed by atoms with Gasteiger partial charge in [-0.15, -0.1) is 0 Å². The maximum atomic E-state index is 12.6. The molecule has 1 aliphatic carbocycles. The summed E-state index contributed by atoms with van der Waals surface area (Å²) in [7, 11) is 1.67. The molecule has 2 aliphatic rings. The lowest BCUT2D eigenvalue weighted by Gasteiger charge is -2.35. The summed E-state index contributed by atoms with van der Waals surface area (Å²) in [6.45, 7) is 5.74. The number of rotatable bonds is 7. The average molecular weight is 312 g/mol. The first-order valence-corrected chi connectivity index (χ1v) is 8.77. The third-order valence-electron chi connectivity index (χ3n) is 5.22. The molecule has 2 N–H and O–H groups in total. The first-order chi connectivity index (χ1) is 10.7. The van der Waals surface area contributed by atoms with E-state index >= 15 is 0 Å². The van der Waals surface area contributed by atoms with Crippen molar-refractivity contribution in [1.82, 2.24) is 10.6 Å². The van der Waals surface area contributed by atoms with E-state index < -0.39 is 0 Å². The zero-order valence-corrected chi connectivity index (χ0v) is 14.2. The number of methoxy groups -OCH3 is 1. The predicted molar refractivity (Wildman–Crippen MR) is 86.8 cm³/mol. The fourth-order valence-corrected chi connectivity index (χ4v) is 3.71. The van der Waals surface area contributed by atoms with Gasteiger partial charge in [0.2, 0.25) is 5.91 Å². The largest absolute Gasteiger partial charge is 0.384 e. The molecule has 0 aromatic carbocycles. The number of amides is 1. The van der Waals surface area contributed by atoms with Crippen molar-refractivity contribution in [2.75, 3.05) is 40.0 Å². The number of hydrogen-bond donors (Lipinski definition) is 2. The quantitative estimate of drug-likeness (QED) is 0.703. The highest BCUT2D eigenvalue weighted by atomic mass is 16.5. The second kappa shape index (κ2) is 8.85. The van der Waals surface area contributed by atoms with Crippen LogP contribution >= 0.6 is 0 Å². The van der Waals surface area contributed by atoms with E-state index in [0.29, 0.717) is 31.8 Å². The Morgan fingerprint density at radius 1 is 1.27 bits per heavy atom. The lowest BCUT2D eigenvalue weighted by Crippen LogP contribution is -2.50. The van der Waals surface area contributed by atoms with Crippen LogP contribution in [0, 0.1) is 11.3 Å². The molecule has 0 aromatic rings. The zero-order valence-electron chi connectivity index (χ0n) is 14.2. The molecule has 1 aliphatic heterocycles. The molecule has 2 atom stereocenters. The van der Waals surface area contributed by atoms with Gasteiger partial charge in [0.15, 0.2) is 0 Å². The van der Waals surface area contributed by atoms with Crippen molar-refractivity contribution in [3.63, 3.8) is 0 Å². The van der Waals surface area contributed by atoms with Crippen molar-refractivity contribution in [3.8, 4) is 0 Å². The maximum Gasteiger partial charge on any atom is 0.228 e. The van der Waals surface area contributed by atoms with Crippen molar-refractivity contribution >= 4 is 5.91 Å². The van der Waals surface area contributed by atoms with Crippen LogP contribution in [-0.4, -0.2) is 52.0 Å². The molecule has 22 heavy (non-hydrogen) atoms. The number of nitrogens with one attached hydrogen (secondary N) is 2. The van der Waals surface area contributed by atoms with Crippen LogP contribution in [0.1, 0.15) is 45.4 Å². The number of ether oxygens (including phenoxy) is 2. The maximum absolute atomic E-state index is 12.6. The molecule has 128 valence electrons. The number of hydrogen-bond acceptors (Lipinski definition) is 4. The van der Waals surface area contributed by atoms with Gasteiger partial charge < -0.3 is 20.1 Å². The van der Waals surface area contributed by atoms with Crippen LogP contribution in [-0.2, 0) is 14.3 Å². The van der Waals surface area contributed by atoms with Gasteiger partial charge in [-0.2, -0.15) is 0 Å². The molecule has 0 aromatic heterocycles. The predicted octanol–water partition coefficient (Wildman–Crippen LogP) is 1.71. The Bertz CT molecular complexity index is 337. The first-order valence-electron chi connectivity index (χ1n) is 8.77. The Morgan fingerprint density at radius 2 is 2.00 bits per heavy atom. The molecule has 0 spiro atoms. The molecule has 2 rings (SSSR count). The standard InChI is InChI=1S/C17H32N2O3/c1-14-5-3-4-6-15(14)22-12-11-19-16(20)17(13-21-2)7-9-18-10-8-17/h14-15,18H,3-13H2,1-2H3,(H,19,20). The molecule has 2 fully saturated rings. The van der Waals surface area contributed by atoms with Crippen LogP contribution in [0.4, 0.5) is 0 Å². The van der Waals surface area contributed by atoms with Crippen molar-refractivity contribution < 1.29 is 14.3 Å². The van der Waals surface area contributed by atoms with E-state index in [2.05, 4.69) is 17.6 Å². The van der Waals surface area contributed by atoms with E-state index in [9.17, 15) is 4.79 Å². The van der Waals surface area contributed by atoms with E-state index in [1.807, 2.05) is 0 Å². The van der Waals surface area contributed by atoms with Gasteiger partial charge in [-0.1, -0.05) is 19.8 Å². The van der Waals surface area contributed by atoms with Gasteiger partial charge >= 0.3 is 0 Å². The SMILES string of the molecule is COCC1(C(=O)NCCOC2CCCCC2C)CCNCC1. The summed E-state index contributed by atoms with van der Waals surface area (Å²) in [6.07, 6.45) is 7.07. The van der Waals surface area contributed by atoms with Gasteiger partial charge in [0, 0.05) is 13.7 Å². The van der Waals surface area contributed by atoms with Crippen molar-refractivity contribution in [2.45, 2.75) is 51.6 Å². The molecule has 1 heterocycles. The highest BCUT2D eigenvalue weighted by Gasteiger charge is 2.39. The Kier molecular flexibility index (Phi) is 7.12. The minimum Gasteiger partial charge on any atom is -0.384 e. The Balaban J connectivity index is 1.71. The van der Waals surface area contributed by atoms with E-state index in [0.717, 1.165) is 32.4 Å². The van der Waals surface area contributed by atoms with Crippen LogP contribution in [0.2, 0.25) is 0 Å². The lowest BCUT2D eigenvalue weighted by molar-refractivity contribution is -0.136. The van der Waals surface area contributed by atoms with Crippen LogP contribution in [0.25, 0.3) is 0 Å². The molecule has 5 heteroatoms. The number of piperidine rings is 1. The van der Waals surface area contributed by atoms with Gasteiger partial charge in [-0.3, -0.25) is 4.79 Å². The van der Waals surface area contributed by atoms with E-state index in [4.69, 9.17) is 9.47 Å². The summed E-state index contributed by atoms with van der Waals surface area (Å²) < 4.78 is 11.3. The summed E-state index contributed by atoms with van der Waals surface area (Å²) in [5.74, 6) is 0.768. The summed E-state index contributed by atoms with van der Waals surface area (Å²) in [5.41, 5.74) is -0.363. The zero-order chi connectivity index (χ0) is 15.8. The van der Waals surface area contributed by atoms with Gasteiger partial charge in [-0.25, -0.2) is 0 Å². The summed E-state index contributed by atoms with van der Waals surface area (Å²) in [4.78, 5) is 12.6. The number of carbonyl (C=O) groups is 1. The van der Waals surface area contributed by atoms with Crippen LogP contribution in [0.5, 0.6) is 0 Å². The molecular formula is C17H32N2O3. The lowest BCUT2D eigenvalue weighted by atomic mass is 9.78. The normalized spacial score (nSPS) is 28.3. The number of carbonyl (C=O) groups excluding carboxylic acids is 1. The average Bonchev–Trinajstić information content (AvgIpc) is 2.54. The van der Waals surface area contributed by atoms with Crippen molar-refractivity contribution in [1.29, 1.82) is 0 Å². The highest BCUT2D eigenvalue weighted by molar-refractivity contribution is 5.83. The second-order valence-electron chi connectivity index (χ2n) is 6.89. The highest BCUT2D eigenvalue weighted by Crippen LogP contribution is 2.29. The van der Waals surface area contributed by atoms with E-state index in [1.54, 1.807) is 7.11 Å². The smallest absolute Gasteiger partial charge is 0.228 e. The molecule has 2 unspecified atom stereocenters. The molecule has 5 nitrogen and oxygen atoms in total. The topological polar surface area (TPSA) is 59.6 Å². The van der Waals surface area contributed by atoms with Crippen LogP contribution in [0.3, 0.4) is 0 Å². The minimum atomic E-state index is -0.363. The molecule has 1 saturated heterocycles. The Hall–Kier alpha value is -0.650. The van der Waals surface area contributed by atoms with E-state index in [1.165, 1.54) is 19.3 Å². The Labute approximate surface area is 134 Å². The van der Waals surface area contributed by atoms with E-state index in [-0.39, 0.29) is 11.3 Å². The third kappa shape index (κ3) is 4.67. The van der Waals surface area contributed by atoms with Crippen LogP contribution in [0.15, 0.2) is 0 Å². The van der Waals surface area contributed by atoms with Gasteiger partial charge in [0.25, 0.3) is 0 Å². The van der Waals surface area contributed by atoms with Crippen LogP contribution < -0.4 is 10.6 Å². The third-order valence-corrected chi connectivity index (χ3v) is 5.22. The van der Waals surface area contributed by atoms with Gasteiger partial charge in [0.05, 0.1) is 24.7 Å². The first kappa shape index (κ1) is 17.7. The molecular weight excluding hydrogens is 280 g/mol. The van der Waals surface area contributed by atoms with Gasteiger partial charge in [-0.05, 0) is 44.7 Å². The molecule has 1 amide bonds. The summed E-state index contributed by atoms with van der Waals surface area (Å²) in [5, 5.41) is 6.37. The summed E-state index contributed by atoms with van der Waals surface area (Å²) in [6, 6.07) is 0. The molecule has 0 radical (unpaired) electrons. The Morgan fingerprint density at radius 3 is 2.68 bits per heavy atom.